The van der Waals surface area contributed by atoms with Crippen LogP contribution in [0.3, 0.4) is 0 Å². The molecule has 1 atom stereocenters. The predicted molar refractivity (Wildman–Crippen MR) is 46.7 cm³/mol. The van der Waals surface area contributed by atoms with Gasteiger partial charge >= 0.3 is 0 Å². The van der Waals surface area contributed by atoms with E-state index in [2.05, 4.69) is 6.92 Å². The van der Waals surface area contributed by atoms with E-state index in [1.165, 1.54) is 12.2 Å². The number of hydrogen-bond donors (Lipinski definition) is 0. The molecule has 1 aliphatic rings. The molecule has 0 radical (unpaired) electrons. The molecule has 0 aromatic heterocycles. The fourth-order valence-electron chi connectivity index (χ4n) is 1.07. The van der Waals surface area contributed by atoms with Crippen molar-refractivity contribution in [2.24, 2.45) is 5.92 Å². The molecule has 0 heterocycles. The van der Waals surface area contributed by atoms with E-state index in [0.29, 0.717) is 5.92 Å². The molecule has 1 unspecified atom stereocenters. The zero-order chi connectivity index (χ0) is 9.14. The SMILES string of the molecule is CCC(C)C1=CC(=O)C(=O)C=C1. The summed E-state index contributed by atoms with van der Waals surface area (Å²) in [5.74, 6) is -0.451. The summed E-state index contributed by atoms with van der Waals surface area (Å²) in [6, 6.07) is 0. The summed E-state index contributed by atoms with van der Waals surface area (Å²) in [5, 5.41) is 0. The van der Waals surface area contributed by atoms with Crippen LogP contribution >= 0.6 is 0 Å². The van der Waals surface area contributed by atoms with Crippen molar-refractivity contribution in [3.63, 3.8) is 0 Å². The Labute approximate surface area is 72.0 Å². The molecule has 2 nitrogen and oxygen atoms in total. The molecule has 0 aromatic carbocycles. The first-order valence-electron chi connectivity index (χ1n) is 4.13. The Hall–Kier alpha value is -1.18. The van der Waals surface area contributed by atoms with Gasteiger partial charge in [0.2, 0.25) is 11.6 Å². The van der Waals surface area contributed by atoms with Crippen LogP contribution in [0.4, 0.5) is 0 Å². The summed E-state index contributed by atoms with van der Waals surface area (Å²) in [4.78, 5) is 21.7. The number of hydrogen-bond acceptors (Lipinski definition) is 2. The van der Waals surface area contributed by atoms with Crippen molar-refractivity contribution in [1.82, 2.24) is 0 Å². The summed E-state index contributed by atoms with van der Waals surface area (Å²) >= 11 is 0. The van der Waals surface area contributed by atoms with E-state index in [1.807, 2.05) is 6.92 Å². The molecule has 64 valence electrons. The van der Waals surface area contributed by atoms with Crippen LogP contribution in [0.25, 0.3) is 0 Å². The molecule has 0 saturated carbocycles. The molecule has 0 N–H and O–H groups in total. The maximum absolute atomic E-state index is 10.9. The Morgan fingerprint density at radius 2 is 1.92 bits per heavy atom. The minimum Gasteiger partial charge on any atom is -0.286 e. The number of ketones is 2. The van der Waals surface area contributed by atoms with Crippen molar-refractivity contribution in [3.05, 3.63) is 23.8 Å². The quantitative estimate of drug-likeness (QED) is 0.459. The molecule has 0 aliphatic heterocycles. The van der Waals surface area contributed by atoms with Crippen LogP contribution in [0.5, 0.6) is 0 Å². The lowest BCUT2D eigenvalue weighted by atomic mass is 9.93. The van der Waals surface area contributed by atoms with E-state index in [-0.39, 0.29) is 0 Å². The van der Waals surface area contributed by atoms with Crippen LogP contribution < -0.4 is 0 Å². The number of allylic oxidation sites excluding steroid dienone is 4. The average Bonchev–Trinajstić information content (AvgIpc) is 2.08. The van der Waals surface area contributed by atoms with Gasteiger partial charge in [-0.15, -0.1) is 0 Å². The lowest BCUT2D eigenvalue weighted by molar-refractivity contribution is -0.131. The third kappa shape index (κ3) is 1.70. The van der Waals surface area contributed by atoms with Gasteiger partial charge in [0.05, 0.1) is 0 Å². The van der Waals surface area contributed by atoms with Crippen molar-refractivity contribution in [1.29, 1.82) is 0 Å². The zero-order valence-electron chi connectivity index (χ0n) is 7.33. The fourth-order valence-corrected chi connectivity index (χ4v) is 1.07. The van der Waals surface area contributed by atoms with Gasteiger partial charge in [-0.05, 0) is 30.1 Å². The van der Waals surface area contributed by atoms with Gasteiger partial charge in [-0.3, -0.25) is 9.59 Å². The second kappa shape index (κ2) is 3.48. The predicted octanol–water partition coefficient (Wildman–Crippen LogP) is 1.67. The monoisotopic (exact) mass is 164 g/mol. The summed E-state index contributed by atoms with van der Waals surface area (Å²) in [5.41, 5.74) is 0.960. The Kier molecular flexibility index (Phi) is 2.58. The molecule has 2 heteroatoms. The molecule has 0 amide bonds. The zero-order valence-corrected chi connectivity index (χ0v) is 7.33. The largest absolute Gasteiger partial charge is 0.286 e. The van der Waals surface area contributed by atoms with Crippen LogP contribution in [0, 0.1) is 5.92 Å². The number of rotatable bonds is 2. The van der Waals surface area contributed by atoms with Crippen LogP contribution in [-0.2, 0) is 9.59 Å². The molecule has 1 rings (SSSR count). The molecule has 1 aliphatic carbocycles. The Morgan fingerprint density at radius 1 is 1.25 bits per heavy atom. The highest BCUT2D eigenvalue weighted by Crippen LogP contribution is 2.17. The topological polar surface area (TPSA) is 34.1 Å². The van der Waals surface area contributed by atoms with Gasteiger partial charge in [0.1, 0.15) is 0 Å². The third-order valence-corrected chi connectivity index (χ3v) is 2.15. The number of carbonyl (C=O) groups excluding carboxylic acids is 2. The van der Waals surface area contributed by atoms with Gasteiger partial charge in [-0.25, -0.2) is 0 Å². The molecule has 0 fully saturated rings. The molecule has 0 saturated heterocycles. The minimum absolute atomic E-state index is 0.360. The first-order chi connectivity index (χ1) is 5.65. The van der Waals surface area contributed by atoms with E-state index < -0.39 is 11.6 Å². The smallest absolute Gasteiger partial charge is 0.225 e. The van der Waals surface area contributed by atoms with E-state index in [1.54, 1.807) is 6.08 Å². The highest BCUT2D eigenvalue weighted by molar-refractivity contribution is 6.46. The van der Waals surface area contributed by atoms with Crippen LogP contribution in [0.2, 0.25) is 0 Å². The molecular formula is C10H12O2. The van der Waals surface area contributed by atoms with Crippen molar-refractivity contribution in [3.8, 4) is 0 Å². The molecule has 0 aromatic rings. The molecular weight excluding hydrogens is 152 g/mol. The maximum atomic E-state index is 10.9. The summed E-state index contributed by atoms with van der Waals surface area (Å²) in [6.07, 6.45) is 5.51. The Bertz CT molecular complexity index is 272. The molecule has 0 spiro atoms. The average molecular weight is 164 g/mol. The number of carbonyl (C=O) groups is 2. The molecule has 12 heavy (non-hydrogen) atoms. The van der Waals surface area contributed by atoms with Crippen LogP contribution in [0.15, 0.2) is 23.8 Å². The van der Waals surface area contributed by atoms with Gasteiger partial charge in [0.25, 0.3) is 0 Å². The fraction of sp³-hybridized carbons (Fsp3) is 0.400. The standard InChI is InChI=1S/C10H12O2/c1-3-7(2)8-4-5-9(11)10(12)6-8/h4-7H,3H2,1-2H3. The van der Waals surface area contributed by atoms with Crippen molar-refractivity contribution < 1.29 is 9.59 Å². The lowest BCUT2D eigenvalue weighted by Gasteiger charge is -2.11. The van der Waals surface area contributed by atoms with Crippen molar-refractivity contribution in [2.45, 2.75) is 20.3 Å². The highest BCUT2D eigenvalue weighted by atomic mass is 16.2. The summed E-state index contributed by atoms with van der Waals surface area (Å²) in [7, 11) is 0. The Morgan fingerprint density at radius 3 is 2.42 bits per heavy atom. The second-order valence-corrected chi connectivity index (χ2v) is 3.02. The van der Waals surface area contributed by atoms with Gasteiger partial charge in [-0.1, -0.05) is 19.9 Å². The van der Waals surface area contributed by atoms with E-state index in [0.717, 1.165) is 12.0 Å². The van der Waals surface area contributed by atoms with Crippen molar-refractivity contribution >= 4 is 11.6 Å². The maximum Gasteiger partial charge on any atom is 0.225 e. The minimum atomic E-state index is -0.415. The molecule has 0 bridgehead atoms. The van der Waals surface area contributed by atoms with E-state index >= 15 is 0 Å². The van der Waals surface area contributed by atoms with E-state index in [9.17, 15) is 9.59 Å². The second-order valence-electron chi connectivity index (χ2n) is 3.02. The summed E-state index contributed by atoms with van der Waals surface area (Å²) < 4.78 is 0. The van der Waals surface area contributed by atoms with Crippen LogP contribution in [0.1, 0.15) is 20.3 Å². The van der Waals surface area contributed by atoms with Crippen molar-refractivity contribution in [2.75, 3.05) is 0 Å². The highest BCUT2D eigenvalue weighted by Gasteiger charge is 2.15. The van der Waals surface area contributed by atoms with Crippen LogP contribution in [-0.4, -0.2) is 11.6 Å². The lowest BCUT2D eigenvalue weighted by Crippen LogP contribution is -2.13. The first-order valence-corrected chi connectivity index (χ1v) is 4.13. The normalized spacial score (nSPS) is 19.3. The van der Waals surface area contributed by atoms with Gasteiger partial charge in [0.15, 0.2) is 0 Å². The van der Waals surface area contributed by atoms with Gasteiger partial charge < -0.3 is 0 Å². The van der Waals surface area contributed by atoms with E-state index in [4.69, 9.17) is 0 Å². The Balaban J connectivity index is 2.83. The van der Waals surface area contributed by atoms with Gasteiger partial charge in [-0.2, -0.15) is 0 Å². The third-order valence-electron chi connectivity index (χ3n) is 2.15. The first kappa shape index (κ1) is 8.91. The summed E-state index contributed by atoms with van der Waals surface area (Å²) in [6.45, 7) is 4.10. The van der Waals surface area contributed by atoms with Gasteiger partial charge in [0, 0.05) is 0 Å².